The number of nitrogens with two attached hydrogens (primary N) is 1. The summed E-state index contributed by atoms with van der Waals surface area (Å²) in [6.07, 6.45) is 1.90. The van der Waals surface area contributed by atoms with Crippen LogP contribution in [0.3, 0.4) is 0 Å². The number of fused-ring (bicyclic) bond motifs is 3. The predicted octanol–water partition coefficient (Wildman–Crippen LogP) is 1.76. The van der Waals surface area contributed by atoms with Gasteiger partial charge in [0.05, 0.1) is 26.8 Å². The standard InChI is InChI=1S/C17H24N6O3/c1-10-21-22-17-16(19-8-6-5-7-18)20-11-9-12(24-2)14(25-3)15(26-4)13(11)23(10)17/h9H,5-8,18H2,1-4H3,(H,19,20). The molecule has 0 unspecified atom stereocenters. The van der Waals surface area contributed by atoms with Gasteiger partial charge in [-0.3, -0.25) is 4.40 Å². The zero-order chi connectivity index (χ0) is 18.7. The summed E-state index contributed by atoms with van der Waals surface area (Å²) < 4.78 is 18.5. The number of nitrogens with one attached hydrogen (secondary N) is 1. The summed E-state index contributed by atoms with van der Waals surface area (Å²) in [6.45, 7) is 3.30. The second kappa shape index (κ2) is 7.61. The Morgan fingerprint density at radius 3 is 2.50 bits per heavy atom. The van der Waals surface area contributed by atoms with Gasteiger partial charge in [0.25, 0.3) is 0 Å². The van der Waals surface area contributed by atoms with Gasteiger partial charge in [-0.2, -0.15) is 0 Å². The van der Waals surface area contributed by atoms with E-state index in [1.165, 1.54) is 0 Å². The minimum atomic E-state index is 0.502. The molecule has 0 aliphatic heterocycles. The Kier molecular flexibility index (Phi) is 5.27. The molecule has 3 aromatic rings. The van der Waals surface area contributed by atoms with E-state index in [1.54, 1.807) is 21.3 Å². The number of unbranched alkanes of at least 4 members (excludes halogenated alkanes) is 1. The summed E-state index contributed by atoms with van der Waals surface area (Å²) >= 11 is 0. The molecule has 26 heavy (non-hydrogen) atoms. The van der Waals surface area contributed by atoms with Crippen LogP contribution < -0.4 is 25.3 Å². The van der Waals surface area contributed by atoms with Crippen LogP contribution in [0.4, 0.5) is 5.82 Å². The van der Waals surface area contributed by atoms with Gasteiger partial charge in [-0.25, -0.2) is 4.98 Å². The first kappa shape index (κ1) is 18.0. The summed E-state index contributed by atoms with van der Waals surface area (Å²) in [7, 11) is 4.74. The van der Waals surface area contributed by atoms with Crippen molar-refractivity contribution in [2.24, 2.45) is 5.73 Å². The second-order valence-corrected chi connectivity index (χ2v) is 5.80. The third-order valence-electron chi connectivity index (χ3n) is 4.20. The molecule has 0 saturated carbocycles. The van der Waals surface area contributed by atoms with Crippen molar-refractivity contribution in [2.45, 2.75) is 19.8 Å². The van der Waals surface area contributed by atoms with Crippen molar-refractivity contribution in [3.8, 4) is 17.2 Å². The first-order valence-corrected chi connectivity index (χ1v) is 8.44. The highest BCUT2D eigenvalue weighted by molar-refractivity contribution is 5.91. The number of aromatic nitrogens is 4. The van der Waals surface area contributed by atoms with Crippen molar-refractivity contribution in [2.75, 3.05) is 39.7 Å². The van der Waals surface area contributed by atoms with Crippen LogP contribution in [-0.2, 0) is 0 Å². The van der Waals surface area contributed by atoms with E-state index in [1.807, 2.05) is 17.4 Å². The lowest BCUT2D eigenvalue weighted by molar-refractivity contribution is 0.326. The van der Waals surface area contributed by atoms with E-state index in [-0.39, 0.29) is 0 Å². The lowest BCUT2D eigenvalue weighted by Crippen LogP contribution is -2.09. The van der Waals surface area contributed by atoms with Crippen LogP contribution in [0.5, 0.6) is 17.2 Å². The van der Waals surface area contributed by atoms with E-state index in [9.17, 15) is 0 Å². The van der Waals surface area contributed by atoms with E-state index in [0.717, 1.165) is 30.7 Å². The molecule has 1 aromatic carbocycles. The quantitative estimate of drug-likeness (QED) is 0.585. The maximum absolute atomic E-state index is 5.62. The maximum atomic E-state index is 5.62. The predicted molar refractivity (Wildman–Crippen MR) is 99.5 cm³/mol. The summed E-state index contributed by atoms with van der Waals surface area (Å²) in [5.74, 6) is 2.95. The fourth-order valence-electron chi connectivity index (χ4n) is 2.98. The van der Waals surface area contributed by atoms with Crippen LogP contribution in [-0.4, -0.2) is 54.0 Å². The zero-order valence-corrected chi connectivity index (χ0v) is 15.5. The summed E-state index contributed by atoms with van der Waals surface area (Å²) in [5, 5.41) is 11.8. The van der Waals surface area contributed by atoms with Gasteiger partial charge < -0.3 is 25.3 Å². The Morgan fingerprint density at radius 1 is 1.08 bits per heavy atom. The molecule has 3 N–H and O–H groups in total. The first-order valence-electron chi connectivity index (χ1n) is 8.44. The summed E-state index contributed by atoms with van der Waals surface area (Å²) in [6, 6.07) is 1.82. The number of methoxy groups -OCH3 is 3. The van der Waals surface area contributed by atoms with Crippen LogP contribution >= 0.6 is 0 Å². The molecule has 0 spiro atoms. The molecule has 0 bridgehead atoms. The highest BCUT2D eigenvalue weighted by Crippen LogP contribution is 2.43. The van der Waals surface area contributed by atoms with E-state index in [2.05, 4.69) is 15.5 Å². The van der Waals surface area contributed by atoms with Gasteiger partial charge in [-0.1, -0.05) is 0 Å². The lowest BCUT2D eigenvalue weighted by Gasteiger charge is -2.16. The Balaban J connectivity index is 2.26. The van der Waals surface area contributed by atoms with E-state index >= 15 is 0 Å². The SMILES string of the molecule is COc1cc2nc(NCCCCN)c3nnc(C)n3c2c(OC)c1OC. The van der Waals surface area contributed by atoms with E-state index in [0.29, 0.717) is 40.8 Å². The fourth-order valence-corrected chi connectivity index (χ4v) is 2.98. The van der Waals surface area contributed by atoms with Gasteiger partial charge in [0, 0.05) is 12.6 Å². The van der Waals surface area contributed by atoms with Crippen molar-refractivity contribution >= 4 is 22.5 Å². The molecule has 3 rings (SSSR count). The number of nitrogens with zero attached hydrogens (tertiary/aromatic N) is 4. The van der Waals surface area contributed by atoms with Crippen molar-refractivity contribution in [3.05, 3.63) is 11.9 Å². The molecule has 2 heterocycles. The number of aryl methyl sites for hydroxylation is 1. The molecule has 0 amide bonds. The molecule has 0 fully saturated rings. The largest absolute Gasteiger partial charge is 0.493 e. The van der Waals surface area contributed by atoms with Gasteiger partial charge in [0.15, 0.2) is 17.3 Å². The van der Waals surface area contributed by atoms with Crippen LogP contribution in [0.25, 0.3) is 16.7 Å². The molecule has 9 heteroatoms. The van der Waals surface area contributed by atoms with Crippen molar-refractivity contribution < 1.29 is 14.2 Å². The third-order valence-corrected chi connectivity index (χ3v) is 4.20. The van der Waals surface area contributed by atoms with Crippen LogP contribution in [0.15, 0.2) is 6.07 Å². The molecule has 0 aliphatic rings. The van der Waals surface area contributed by atoms with Crippen molar-refractivity contribution in [1.29, 1.82) is 0 Å². The minimum Gasteiger partial charge on any atom is -0.493 e. The van der Waals surface area contributed by atoms with Crippen LogP contribution in [0.1, 0.15) is 18.7 Å². The topological polar surface area (TPSA) is 109 Å². The smallest absolute Gasteiger partial charge is 0.205 e. The molecule has 0 radical (unpaired) electrons. The van der Waals surface area contributed by atoms with Crippen LogP contribution in [0, 0.1) is 6.92 Å². The van der Waals surface area contributed by atoms with E-state index in [4.69, 9.17) is 24.9 Å². The third kappa shape index (κ3) is 2.94. The fraction of sp³-hybridized carbons (Fsp3) is 0.471. The Labute approximate surface area is 151 Å². The number of hydrogen-bond acceptors (Lipinski definition) is 8. The normalized spacial score (nSPS) is 11.1. The molecule has 9 nitrogen and oxygen atoms in total. The van der Waals surface area contributed by atoms with Crippen molar-refractivity contribution in [1.82, 2.24) is 19.6 Å². The van der Waals surface area contributed by atoms with Gasteiger partial charge >= 0.3 is 0 Å². The van der Waals surface area contributed by atoms with Gasteiger partial charge in [-0.15, -0.1) is 10.2 Å². The van der Waals surface area contributed by atoms with Gasteiger partial charge in [0.2, 0.25) is 11.4 Å². The number of benzene rings is 1. The Hall–Kier alpha value is -2.81. The van der Waals surface area contributed by atoms with Crippen molar-refractivity contribution in [3.63, 3.8) is 0 Å². The second-order valence-electron chi connectivity index (χ2n) is 5.80. The molecule has 0 atom stereocenters. The summed E-state index contributed by atoms with van der Waals surface area (Å²) in [4.78, 5) is 4.73. The molecule has 2 aromatic heterocycles. The number of rotatable bonds is 8. The number of hydrogen-bond donors (Lipinski definition) is 2. The van der Waals surface area contributed by atoms with Gasteiger partial charge in [0.1, 0.15) is 11.3 Å². The maximum Gasteiger partial charge on any atom is 0.205 e. The average molecular weight is 360 g/mol. The molecule has 0 aliphatic carbocycles. The molecular formula is C17H24N6O3. The monoisotopic (exact) mass is 360 g/mol. The molecule has 0 saturated heterocycles. The minimum absolute atomic E-state index is 0.502. The van der Waals surface area contributed by atoms with E-state index < -0.39 is 0 Å². The highest BCUT2D eigenvalue weighted by atomic mass is 16.5. The zero-order valence-electron chi connectivity index (χ0n) is 15.5. The average Bonchev–Trinajstić information content (AvgIpc) is 3.05. The Morgan fingerprint density at radius 2 is 1.85 bits per heavy atom. The molecule has 140 valence electrons. The first-order chi connectivity index (χ1) is 12.7. The van der Waals surface area contributed by atoms with Crippen LogP contribution in [0.2, 0.25) is 0 Å². The van der Waals surface area contributed by atoms with Gasteiger partial charge in [-0.05, 0) is 26.3 Å². The number of anilines is 1. The lowest BCUT2D eigenvalue weighted by atomic mass is 10.2. The summed E-state index contributed by atoms with van der Waals surface area (Å²) in [5.41, 5.74) is 7.61. The number of ether oxygens (including phenoxy) is 3. The Bertz CT molecular complexity index is 924. The highest BCUT2D eigenvalue weighted by Gasteiger charge is 2.22. The molecular weight excluding hydrogens is 336 g/mol.